The third-order valence-corrected chi connectivity index (χ3v) is 6.27. The molecule has 0 spiro atoms. The molecule has 0 radical (unpaired) electrons. The molecule has 7 nitrogen and oxygen atoms in total. The first kappa shape index (κ1) is 23.1. The number of aromatic nitrogens is 1. The molecule has 4 aromatic rings. The Bertz CT molecular complexity index is 1490. The van der Waals surface area contributed by atoms with Crippen molar-refractivity contribution in [3.63, 3.8) is 0 Å². The molecule has 0 aliphatic carbocycles. The van der Waals surface area contributed by atoms with Crippen molar-refractivity contribution in [2.45, 2.75) is 19.4 Å². The van der Waals surface area contributed by atoms with Crippen LogP contribution in [0.3, 0.4) is 0 Å². The smallest absolute Gasteiger partial charge is 0.310 e. The normalized spacial score (nSPS) is 17.0. The topological polar surface area (TPSA) is 99.7 Å². The summed E-state index contributed by atoms with van der Waals surface area (Å²) in [5.41, 5.74) is 3.18. The average Bonchev–Trinajstić information content (AvgIpc) is 3.44. The molecule has 1 aliphatic rings. The van der Waals surface area contributed by atoms with E-state index in [0.717, 1.165) is 16.5 Å². The number of para-hydroxylation sites is 1. The third kappa shape index (κ3) is 4.05. The zero-order chi connectivity index (χ0) is 25.2. The van der Waals surface area contributed by atoms with E-state index < -0.39 is 17.7 Å². The van der Waals surface area contributed by atoms with Crippen LogP contribution in [0.15, 0.2) is 90.6 Å². The number of nitrogens with zero attached hydrogens (tertiary/aromatic N) is 1. The summed E-state index contributed by atoms with van der Waals surface area (Å²) in [4.78, 5) is 43.0. The second kappa shape index (κ2) is 9.54. The van der Waals surface area contributed by atoms with Gasteiger partial charge in [0.2, 0.25) is 0 Å². The summed E-state index contributed by atoms with van der Waals surface area (Å²) in [6, 6.07) is 22.6. The van der Waals surface area contributed by atoms with E-state index in [1.807, 2.05) is 54.6 Å². The van der Waals surface area contributed by atoms with E-state index in [2.05, 4.69) is 4.98 Å². The summed E-state index contributed by atoms with van der Waals surface area (Å²) in [6.45, 7) is 2.05. The summed E-state index contributed by atoms with van der Waals surface area (Å²) in [7, 11) is 0. The van der Waals surface area contributed by atoms with Gasteiger partial charge in [0, 0.05) is 28.4 Å². The predicted molar refractivity (Wildman–Crippen MR) is 136 cm³/mol. The van der Waals surface area contributed by atoms with Crippen molar-refractivity contribution >= 4 is 40.0 Å². The Morgan fingerprint density at radius 3 is 2.39 bits per heavy atom. The molecule has 1 saturated heterocycles. The van der Waals surface area contributed by atoms with Crippen molar-refractivity contribution in [2.24, 2.45) is 0 Å². The monoisotopic (exact) mass is 480 g/mol. The van der Waals surface area contributed by atoms with E-state index in [9.17, 15) is 19.5 Å². The van der Waals surface area contributed by atoms with Crippen molar-refractivity contribution in [1.82, 2.24) is 4.98 Å². The Balaban J connectivity index is 1.61. The Morgan fingerprint density at radius 2 is 1.67 bits per heavy atom. The number of hydrogen-bond acceptors (Lipinski definition) is 5. The van der Waals surface area contributed by atoms with E-state index in [0.29, 0.717) is 23.4 Å². The summed E-state index contributed by atoms with van der Waals surface area (Å²) in [5.74, 6) is -2.07. The second-order valence-electron chi connectivity index (χ2n) is 8.48. The molecule has 180 valence electrons. The van der Waals surface area contributed by atoms with Gasteiger partial charge in [0.25, 0.3) is 11.7 Å². The van der Waals surface area contributed by atoms with Crippen LogP contribution in [0.2, 0.25) is 0 Å². The summed E-state index contributed by atoms with van der Waals surface area (Å²) in [6.07, 6.45) is 1.75. The van der Waals surface area contributed by atoms with Crippen molar-refractivity contribution < 1.29 is 24.2 Å². The molecule has 2 heterocycles. The molecule has 0 saturated carbocycles. The number of aliphatic hydroxyl groups excluding tert-OH is 1. The molecule has 7 heteroatoms. The number of Topliss-reactive ketones (excluding diaryl/α,β-unsaturated/α-hetero) is 1. The molecule has 36 heavy (non-hydrogen) atoms. The Kier molecular flexibility index (Phi) is 6.12. The predicted octanol–water partition coefficient (Wildman–Crippen LogP) is 4.90. The van der Waals surface area contributed by atoms with E-state index >= 15 is 0 Å². The number of benzene rings is 3. The number of amides is 1. The number of aromatic amines is 1. The van der Waals surface area contributed by atoms with Crippen molar-refractivity contribution in [1.29, 1.82) is 0 Å². The number of carbonyl (C=O) groups excluding carboxylic acids is 3. The highest BCUT2D eigenvalue weighted by molar-refractivity contribution is 6.51. The van der Waals surface area contributed by atoms with Crippen LogP contribution in [0.5, 0.6) is 0 Å². The lowest BCUT2D eigenvalue weighted by molar-refractivity contribution is -0.142. The molecule has 0 bridgehead atoms. The number of esters is 1. The first-order valence-corrected chi connectivity index (χ1v) is 11.7. The van der Waals surface area contributed by atoms with Gasteiger partial charge in [-0.15, -0.1) is 0 Å². The number of carbonyl (C=O) groups is 3. The lowest BCUT2D eigenvalue weighted by Gasteiger charge is -2.25. The highest BCUT2D eigenvalue weighted by atomic mass is 16.5. The fourth-order valence-corrected chi connectivity index (χ4v) is 4.62. The minimum Gasteiger partial charge on any atom is -0.507 e. The molecule has 1 atom stereocenters. The highest BCUT2D eigenvalue weighted by Gasteiger charge is 2.47. The van der Waals surface area contributed by atoms with Gasteiger partial charge >= 0.3 is 5.97 Å². The summed E-state index contributed by atoms with van der Waals surface area (Å²) >= 11 is 0. The van der Waals surface area contributed by atoms with Crippen molar-refractivity contribution in [2.75, 3.05) is 11.5 Å². The SMILES string of the molecule is CCOC(=O)Cc1ccc(N2C(=O)C(=O)/C(=C(\O)c3c[nH]c4ccccc34)C2c2ccccc2)cc1. The van der Waals surface area contributed by atoms with E-state index in [1.165, 1.54) is 4.90 Å². The van der Waals surface area contributed by atoms with Crippen LogP contribution >= 0.6 is 0 Å². The number of nitrogens with one attached hydrogen (secondary N) is 1. The third-order valence-electron chi connectivity index (χ3n) is 6.27. The van der Waals surface area contributed by atoms with Crippen LogP contribution < -0.4 is 4.90 Å². The van der Waals surface area contributed by atoms with Gasteiger partial charge in [-0.2, -0.15) is 0 Å². The Hall–Kier alpha value is -4.65. The molecule has 1 fully saturated rings. The second-order valence-corrected chi connectivity index (χ2v) is 8.48. The molecular weight excluding hydrogens is 456 g/mol. The van der Waals surface area contributed by atoms with Gasteiger partial charge in [-0.05, 0) is 36.2 Å². The number of hydrogen-bond donors (Lipinski definition) is 2. The van der Waals surface area contributed by atoms with Crippen LogP contribution in [-0.2, 0) is 25.5 Å². The number of fused-ring (bicyclic) bond motifs is 1. The largest absolute Gasteiger partial charge is 0.507 e. The number of aliphatic hydroxyl groups is 1. The molecule has 3 aromatic carbocycles. The number of ketones is 1. The molecule has 1 aromatic heterocycles. The first-order chi connectivity index (χ1) is 17.5. The van der Waals surface area contributed by atoms with E-state index in [1.54, 1.807) is 37.4 Å². The number of anilines is 1. The van der Waals surface area contributed by atoms with Gasteiger partial charge in [-0.25, -0.2) is 0 Å². The van der Waals surface area contributed by atoms with Crippen LogP contribution in [0.1, 0.15) is 29.7 Å². The highest BCUT2D eigenvalue weighted by Crippen LogP contribution is 2.42. The minimum absolute atomic E-state index is 0.0200. The molecule has 1 amide bonds. The minimum atomic E-state index is -0.823. The lowest BCUT2D eigenvalue weighted by atomic mass is 9.95. The zero-order valence-electron chi connectivity index (χ0n) is 19.6. The van der Waals surface area contributed by atoms with Crippen LogP contribution in [0, 0.1) is 0 Å². The summed E-state index contributed by atoms with van der Waals surface area (Å²) in [5, 5.41) is 12.1. The van der Waals surface area contributed by atoms with Crippen molar-refractivity contribution in [3.8, 4) is 0 Å². The van der Waals surface area contributed by atoms with Crippen LogP contribution in [-0.4, -0.2) is 34.4 Å². The van der Waals surface area contributed by atoms with Gasteiger partial charge in [-0.3, -0.25) is 19.3 Å². The van der Waals surface area contributed by atoms with Crippen molar-refractivity contribution in [3.05, 3.63) is 107 Å². The zero-order valence-corrected chi connectivity index (χ0v) is 19.6. The number of H-pyrrole nitrogens is 1. The van der Waals surface area contributed by atoms with E-state index in [4.69, 9.17) is 4.74 Å². The fraction of sp³-hybridized carbons (Fsp3) is 0.138. The molecular formula is C29H24N2O5. The molecule has 2 N–H and O–H groups in total. The maximum Gasteiger partial charge on any atom is 0.310 e. The maximum atomic E-state index is 13.3. The quantitative estimate of drug-likeness (QED) is 0.177. The van der Waals surface area contributed by atoms with Crippen LogP contribution in [0.4, 0.5) is 5.69 Å². The van der Waals surface area contributed by atoms with Gasteiger partial charge in [0.15, 0.2) is 0 Å². The van der Waals surface area contributed by atoms with Gasteiger partial charge in [-0.1, -0.05) is 60.7 Å². The number of rotatable bonds is 6. The average molecular weight is 481 g/mol. The Labute approximate surface area is 207 Å². The molecule has 5 rings (SSSR count). The van der Waals surface area contributed by atoms with Gasteiger partial charge < -0.3 is 14.8 Å². The van der Waals surface area contributed by atoms with Gasteiger partial charge in [0.1, 0.15) is 5.76 Å². The lowest BCUT2D eigenvalue weighted by Crippen LogP contribution is -2.29. The maximum absolute atomic E-state index is 13.3. The standard InChI is InChI=1S/C29H24N2O5/c1-2-36-24(32)16-18-12-14-20(15-13-18)31-26(19-8-4-3-5-9-19)25(28(34)29(31)35)27(33)22-17-30-23-11-7-6-10-21(22)23/h3-15,17,26,30,33H,2,16H2,1H3/b27-25-. The number of ether oxygens (including phenoxy) is 1. The summed E-state index contributed by atoms with van der Waals surface area (Å²) < 4.78 is 5.00. The molecule has 1 aliphatic heterocycles. The first-order valence-electron chi connectivity index (χ1n) is 11.7. The Morgan fingerprint density at radius 1 is 0.972 bits per heavy atom. The van der Waals surface area contributed by atoms with Gasteiger partial charge in [0.05, 0.1) is 24.6 Å². The molecule has 1 unspecified atom stereocenters. The van der Waals surface area contributed by atoms with Crippen LogP contribution in [0.25, 0.3) is 16.7 Å². The van der Waals surface area contributed by atoms with E-state index in [-0.39, 0.29) is 23.7 Å². The fourth-order valence-electron chi connectivity index (χ4n) is 4.62.